The molecule has 21 heavy (non-hydrogen) atoms. The van der Waals surface area contributed by atoms with Gasteiger partial charge in [-0.3, -0.25) is 4.79 Å². The molecule has 0 radical (unpaired) electrons. The van der Waals surface area contributed by atoms with Crippen LogP contribution in [0.5, 0.6) is 5.75 Å². The highest BCUT2D eigenvalue weighted by Crippen LogP contribution is 2.36. The first kappa shape index (κ1) is 13.4. The number of hydrogen-bond acceptors (Lipinski definition) is 3. The summed E-state index contributed by atoms with van der Waals surface area (Å²) in [4.78, 5) is 14.0. The monoisotopic (exact) mass is 286 g/mol. The maximum absolute atomic E-state index is 13.0. The standard InChI is InChI=1S/C16H15FN2O2/c1-10-16(20)19(9-11-2-4-12(17)5-3-11)14-8-13(18)6-7-15(14)21-10/h2-8,10H,9,18H2,1H3. The largest absolute Gasteiger partial charge is 0.479 e. The Labute approximate surface area is 121 Å². The van der Waals surface area contributed by atoms with Crippen molar-refractivity contribution in [3.8, 4) is 5.75 Å². The first-order chi connectivity index (χ1) is 10.0. The second kappa shape index (κ2) is 5.09. The Morgan fingerprint density at radius 3 is 2.67 bits per heavy atom. The van der Waals surface area contributed by atoms with E-state index in [1.807, 2.05) is 0 Å². The molecule has 1 atom stereocenters. The zero-order valence-corrected chi connectivity index (χ0v) is 11.5. The van der Waals surface area contributed by atoms with Crippen LogP contribution in [-0.2, 0) is 11.3 Å². The normalized spacial score (nSPS) is 17.3. The number of carbonyl (C=O) groups is 1. The number of nitrogens with zero attached hydrogens (tertiary/aromatic N) is 1. The fraction of sp³-hybridized carbons (Fsp3) is 0.188. The van der Waals surface area contributed by atoms with Crippen LogP contribution in [0.1, 0.15) is 12.5 Å². The van der Waals surface area contributed by atoms with Crippen LogP contribution < -0.4 is 15.4 Å². The number of amides is 1. The van der Waals surface area contributed by atoms with Gasteiger partial charge in [-0.25, -0.2) is 4.39 Å². The van der Waals surface area contributed by atoms with Crippen LogP contribution >= 0.6 is 0 Å². The Kier molecular flexibility index (Phi) is 3.25. The van der Waals surface area contributed by atoms with E-state index >= 15 is 0 Å². The third kappa shape index (κ3) is 2.54. The maximum Gasteiger partial charge on any atom is 0.268 e. The highest BCUT2D eigenvalue weighted by atomic mass is 19.1. The summed E-state index contributed by atoms with van der Waals surface area (Å²) in [6.45, 7) is 2.06. The van der Waals surface area contributed by atoms with E-state index in [1.54, 1.807) is 42.2 Å². The van der Waals surface area contributed by atoms with E-state index < -0.39 is 6.10 Å². The molecule has 1 unspecified atom stereocenters. The Hall–Kier alpha value is -2.56. The van der Waals surface area contributed by atoms with E-state index in [1.165, 1.54) is 12.1 Å². The van der Waals surface area contributed by atoms with Crippen molar-refractivity contribution < 1.29 is 13.9 Å². The molecular formula is C16H15FN2O2. The number of benzene rings is 2. The van der Waals surface area contributed by atoms with Gasteiger partial charge in [-0.05, 0) is 42.8 Å². The number of hydrogen-bond donors (Lipinski definition) is 1. The minimum atomic E-state index is -0.554. The number of fused-ring (bicyclic) bond motifs is 1. The van der Waals surface area contributed by atoms with Crippen LogP contribution in [0.4, 0.5) is 15.8 Å². The van der Waals surface area contributed by atoms with Gasteiger partial charge >= 0.3 is 0 Å². The van der Waals surface area contributed by atoms with Gasteiger partial charge in [-0.15, -0.1) is 0 Å². The van der Waals surface area contributed by atoms with Gasteiger partial charge < -0.3 is 15.4 Å². The number of nitrogens with two attached hydrogens (primary N) is 1. The van der Waals surface area contributed by atoms with E-state index in [0.717, 1.165) is 5.56 Å². The molecule has 0 aromatic heterocycles. The van der Waals surface area contributed by atoms with E-state index in [2.05, 4.69) is 0 Å². The molecule has 0 saturated heterocycles. The quantitative estimate of drug-likeness (QED) is 0.864. The van der Waals surface area contributed by atoms with Gasteiger partial charge in [0, 0.05) is 5.69 Å². The number of rotatable bonds is 2. The topological polar surface area (TPSA) is 55.6 Å². The van der Waals surface area contributed by atoms with Crippen molar-refractivity contribution in [2.75, 3.05) is 10.6 Å². The minimum Gasteiger partial charge on any atom is -0.479 e. The second-order valence-corrected chi connectivity index (χ2v) is 5.04. The van der Waals surface area contributed by atoms with Crippen LogP contribution in [0, 0.1) is 5.82 Å². The van der Waals surface area contributed by atoms with E-state index in [0.29, 0.717) is 23.7 Å². The Morgan fingerprint density at radius 1 is 1.24 bits per heavy atom. The van der Waals surface area contributed by atoms with Crippen molar-refractivity contribution in [1.29, 1.82) is 0 Å². The van der Waals surface area contributed by atoms with Gasteiger partial charge in [-0.2, -0.15) is 0 Å². The first-order valence-corrected chi connectivity index (χ1v) is 6.66. The molecule has 1 amide bonds. The molecule has 0 fully saturated rings. The van der Waals surface area contributed by atoms with Crippen LogP contribution in [0.3, 0.4) is 0 Å². The third-order valence-corrected chi connectivity index (χ3v) is 3.45. The van der Waals surface area contributed by atoms with Crippen molar-refractivity contribution in [2.45, 2.75) is 19.6 Å². The van der Waals surface area contributed by atoms with Crippen LogP contribution in [0.2, 0.25) is 0 Å². The van der Waals surface area contributed by atoms with Gasteiger partial charge in [0.15, 0.2) is 6.10 Å². The van der Waals surface area contributed by atoms with Gasteiger partial charge in [0.1, 0.15) is 11.6 Å². The Morgan fingerprint density at radius 2 is 1.95 bits per heavy atom. The fourth-order valence-corrected chi connectivity index (χ4v) is 2.36. The lowest BCUT2D eigenvalue weighted by atomic mass is 10.1. The Balaban J connectivity index is 1.98. The lowest BCUT2D eigenvalue weighted by molar-refractivity contribution is -0.125. The molecule has 1 aliphatic rings. The maximum atomic E-state index is 13.0. The molecule has 0 bridgehead atoms. The summed E-state index contributed by atoms with van der Waals surface area (Å²) in [7, 11) is 0. The van der Waals surface area contributed by atoms with E-state index in [9.17, 15) is 9.18 Å². The van der Waals surface area contributed by atoms with Crippen molar-refractivity contribution >= 4 is 17.3 Å². The first-order valence-electron chi connectivity index (χ1n) is 6.66. The highest BCUT2D eigenvalue weighted by molar-refractivity contribution is 6.00. The predicted molar refractivity (Wildman–Crippen MR) is 78.5 cm³/mol. The molecule has 5 heteroatoms. The molecule has 0 spiro atoms. The molecule has 1 heterocycles. The zero-order valence-electron chi connectivity index (χ0n) is 11.5. The number of nitrogen functional groups attached to an aromatic ring is 1. The minimum absolute atomic E-state index is 0.141. The fourth-order valence-electron chi connectivity index (χ4n) is 2.36. The molecular weight excluding hydrogens is 271 g/mol. The van der Waals surface area contributed by atoms with E-state index in [4.69, 9.17) is 10.5 Å². The SMILES string of the molecule is CC1Oc2ccc(N)cc2N(Cc2ccc(F)cc2)C1=O. The van der Waals surface area contributed by atoms with Crippen LogP contribution in [-0.4, -0.2) is 12.0 Å². The molecule has 2 N–H and O–H groups in total. The summed E-state index contributed by atoms with van der Waals surface area (Å²) in [5, 5.41) is 0. The zero-order chi connectivity index (χ0) is 15.0. The molecule has 108 valence electrons. The van der Waals surface area contributed by atoms with Gasteiger partial charge in [-0.1, -0.05) is 12.1 Å². The second-order valence-electron chi connectivity index (χ2n) is 5.04. The van der Waals surface area contributed by atoms with Crippen molar-refractivity contribution in [1.82, 2.24) is 0 Å². The molecule has 0 aliphatic carbocycles. The average molecular weight is 286 g/mol. The highest BCUT2D eigenvalue weighted by Gasteiger charge is 2.31. The average Bonchev–Trinajstić information content (AvgIpc) is 2.47. The van der Waals surface area contributed by atoms with Gasteiger partial charge in [0.25, 0.3) is 5.91 Å². The van der Waals surface area contributed by atoms with E-state index in [-0.39, 0.29) is 11.7 Å². The predicted octanol–water partition coefficient (Wildman–Crippen LogP) is 2.72. The summed E-state index contributed by atoms with van der Waals surface area (Å²) < 4.78 is 18.6. The van der Waals surface area contributed by atoms with Gasteiger partial charge in [0.05, 0.1) is 12.2 Å². The summed E-state index contributed by atoms with van der Waals surface area (Å²) in [6, 6.07) is 11.3. The summed E-state index contributed by atoms with van der Waals surface area (Å²) in [6.07, 6.45) is -0.554. The van der Waals surface area contributed by atoms with Crippen molar-refractivity contribution in [3.63, 3.8) is 0 Å². The molecule has 4 nitrogen and oxygen atoms in total. The summed E-state index contributed by atoms with van der Waals surface area (Å²) in [5.41, 5.74) is 7.83. The smallest absolute Gasteiger partial charge is 0.268 e. The lowest BCUT2D eigenvalue weighted by Crippen LogP contribution is -2.44. The summed E-state index contributed by atoms with van der Waals surface area (Å²) >= 11 is 0. The molecule has 2 aromatic carbocycles. The number of carbonyl (C=O) groups excluding carboxylic acids is 1. The molecule has 1 aliphatic heterocycles. The Bertz CT molecular complexity index is 685. The van der Waals surface area contributed by atoms with Crippen LogP contribution in [0.15, 0.2) is 42.5 Å². The molecule has 0 saturated carbocycles. The lowest BCUT2D eigenvalue weighted by Gasteiger charge is -2.33. The van der Waals surface area contributed by atoms with Crippen molar-refractivity contribution in [2.24, 2.45) is 0 Å². The van der Waals surface area contributed by atoms with Gasteiger partial charge in [0.2, 0.25) is 0 Å². The molecule has 2 aromatic rings. The van der Waals surface area contributed by atoms with Crippen LogP contribution in [0.25, 0.3) is 0 Å². The number of halogens is 1. The third-order valence-electron chi connectivity index (χ3n) is 3.45. The number of anilines is 2. The number of ether oxygens (including phenoxy) is 1. The summed E-state index contributed by atoms with van der Waals surface area (Å²) in [5.74, 6) is 0.181. The molecule has 3 rings (SSSR count). The van der Waals surface area contributed by atoms with Crippen molar-refractivity contribution in [3.05, 3.63) is 53.8 Å².